The predicted octanol–water partition coefficient (Wildman–Crippen LogP) is 10.1. The highest BCUT2D eigenvalue weighted by Gasteiger charge is 2.16. The molecule has 0 fully saturated rings. The number of aryl methyl sites for hydroxylation is 1. The zero-order chi connectivity index (χ0) is 27.6. The molecular formula is C34H35F3O2. The van der Waals surface area contributed by atoms with Gasteiger partial charge in [0.25, 0.3) is 0 Å². The van der Waals surface area contributed by atoms with Crippen LogP contribution < -0.4 is 9.47 Å². The number of hydrogen-bond donors (Lipinski definition) is 0. The lowest BCUT2D eigenvalue weighted by Crippen LogP contribution is -2.00. The van der Waals surface area contributed by atoms with Crippen LogP contribution in [0.4, 0.5) is 13.2 Å². The third-order valence-corrected chi connectivity index (χ3v) is 6.77. The van der Waals surface area contributed by atoms with Crippen molar-refractivity contribution >= 4 is 0 Å². The van der Waals surface area contributed by atoms with Crippen molar-refractivity contribution < 1.29 is 22.6 Å². The largest absolute Gasteiger partial charge is 0.493 e. The average molecular weight is 533 g/mol. The minimum atomic E-state index is -0.891. The first-order chi connectivity index (χ1) is 19.0. The van der Waals surface area contributed by atoms with Gasteiger partial charge in [0, 0.05) is 17.2 Å². The Labute approximate surface area is 229 Å². The molecule has 0 radical (unpaired) electrons. The first-order valence-corrected chi connectivity index (χ1v) is 13.7. The number of hydrogen-bond acceptors (Lipinski definition) is 2. The third kappa shape index (κ3) is 7.66. The van der Waals surface area contributed by atoms with Gasteiger partial charge in [-0.1, -0.05) is 105 Å². The van der Waals surface area contributed by atoms with Gasteiger partial charge in [0.2, 0.25) is 0 Å². The van der Waals surface area contributed by atoms with E-state index in [1.165, 1.54) is 31.7 Å². The van der Waals surface area contributed by atoms with E-state index in [-0.39, 0.29) is 23.5 Å². The highest BCUT2D eigenvalue weighted by molar-refractivity contribution is 5.72. The highest BCUT2D eigenvalue weighted by atomic mass is 19.2. The Morgan fingerprint density at radius 2 is 1.21 bits per heavy atom. The topological polar surface area (TPSA) is 18.5 Å². The van der Waals surface area contributed by atoms with E-state index in [2.05, 4.69) is 6.92 Å². The molecular weight excluding hydrogens is 497 g/mol. The van der Waals surface area contributed by atoms with Crippen molar-refractivity contribution in [2.45, 2.75) is 59.0 Å². The summed E-state index contributed by atoms with van der Waals surface area (Å²) in [5, 5.41) is 0. The summed E-state index contributed by atoms with van der Waals surface area (Å²) in [4.78, 5) is 0. The first kappa shape index (κ1) is 28.3. The van der Waals surface area contributed by atoms with Gasteiger partial charge in [0.1, 0.15) is 12.4 Å². The van der Waals surface area contributed by atoms with E-state index >= 15 is 0 Å². The van der Waals surface area contributed by atoms with Gasteiger partial charge in [-0.2, -0.15) is 0 Å². The summed E-state index contributed by atoms with van der Waals surface area (Å²) in [6, 6.07) is 22.0. The second kappa shape index (κ2) is 13.9. The van der Waals surface area contributed by atoms with Gasteiger partial charge in [-0.05, 0) is 42.2 Å². The smallest absolute Gasteiger partial charge is 0.168 e. The quantitative estimate of drug-likeness (QED) is 0.160. The van der Waals surface area contributed by atoms with Gasteiger partial charge in [-0.3, -0.25) is 0 Å². The molecule has 2 nitrogen and oxygen atoms in total. The molecule has 0 aliphatic rings. The van der Waals surface area contributed by atoms with E-state index in [0.29, 0.717) is 23.5 Å². The summed E-state index contributed by atoms with van der Waals surface area (Å²) in [6.45, 7) is 4.84. The van der Waals surface area contributed by atoms with Crippen molar-refractivity contribution in [3.05, 3.63) is 107 Å². The van der Waals surface area contributed by atoms with Crippen LogP contribution in [-0.4, -0.2) is 6.61 Å². The standard InChI is InChI=1S/C34H35F3O2/c1-3-4-5-6-7-8-21-38-28-17-20-32(31(35)22-28)39-23-25-11-15-27(16-12-25)30-19-18-29(33(36)34(30)37)26-13-9-24(2)10-14-26/h9-20,22H,3-8,21,23H2,1-2H3. The Bertz CT molecular complexity index is 1350. The fraction of sp³-hybridized carbons (Fsp3) is 0.294. The Morgan fingerprint density at radius 1 is 0.615 bits per heavy atom. The molecule has 0 atom stereocenters. The fourth-order valence-electron chi connectivity index (χ4n) is 4.43. The van der Waals surface area contributed by atoms with E-state index in [4.69, 9.17) is 9.47 Å². The van der Waals surface area contributed by atoms with Crippen LogP contribution in [0.1, 0.15) is 56.6 Å². The summed E-state index contributed by atoms with van der Waals surface area (Å²) in [7, 11) is 0. The van der Waals surface area contributed by atoms with Crippen molar-refractivity contribution in [3.63, 3.8) is 0 Å². The monoisotopic (exact) mass is 532 g/mol. The van der Waals surface area contributed by atoms with Gasteiger partial charge in [0.15, 0.2) is 23.2 Å². The lowest BCUT2D eigenvalue weighted by molar-refractivity contribution is 0.283. The molecule has 4 aromatic carbocycles. The molecule has 0 unspecified atom stereocenters. The van der Waals surface area contributed by atoms with Crippen molar-refractivity contribution in [2.24, 2.45) is 0 Å². The molecule has 4 aromatic rings. The second-order valence-electron chi connectivity index (χ2n) is 9.85. The number of benzene rings is 4. The summed E-state index contributed by atoms with van der Waals surface area (Å²) in [6.07, 6.45) is 7.00. The van der Waals surface area contributed by atoms with Gasteiger partial charge in [-0.15, -0.1) is 0 Å². The minimum absolute atomic E-state index is 0.130. The van der Waals surface area contributed by atoms with E-state index in [1.807, 2.05) is 19.1 Å². The molecule has 5 heteroatoms. The molecule has 0 aromatic heterocycles. The zero-order valence-electron chi connectivity index (χ0n) is 22.6. The molecule has 0 bridgehead atoms. The van der Waals surface area contributed by atoms with E-state index < -0.39 is 17.5 Å². The molecule has 4 rings (SSSR count). The number of unbranched alkanes of at least 4 members (excludes halogenated alkanes) is 5. The van der Waals surface area contributed by atoms with Crippen molar-refractivity contribution in [1.82, 2.24) is 0 Å². The molecule has 0 saturated carbocycles. The highest BCUT2D eigenvalue weighted by Crippen LogP contribution is 2.32. The summed E-state index contributed by atoms with van der Waals surface area (Å²) in [5.41, 5.74) is 3.40. The molecule has 204 valence electrons. The average Bonchev–Trinajstić information content (AvgIpc) is 2.94. The van der Waals surface area contributed by atoms with E-state index in [1.54, 1.807) is 60.7 Å². The minimum Gasteiger partial charge on any atom is -0.493 e. The maximum atomic E-state index is 15.0. The number of halogens is 3. The van der Waals surface area contributed by atoms with Crippen LogP contribution in [0.25, 0.3) is 22.3 Å². The fourth-order valence-corrected chi connectivity index (χ4v) is 4.43. The zero-order valence-corrected chi connectivity index (χ0v) is 22.6. The Morgan fingerprint density at radius 3 is 1.82 bits per heavy atom. The summed E-state index contributed by atoms with van der Waals surface area (Å²) in [5.74, 6) is -1.64. The Hall–Kier alpha value is -3.73. The first-order valence-electron chi connectivity index (χ1n) is 13.7. The Balaban J connectivity index is 1.32. The Kier molecular flexibility index (Phi) is 10.1. The summed E-state index contributed by atoms with van der Waals surface area (Å²) < 4.78 is 55.7. The third-order valence-electron chi connectivity index (χ3n) is 6.77. The SMILES string of the molecule is CCCCCCCCOc1ccc(OCc2ccc(-c3ccc(-c4ccc(C)cc4)c(F)c3F)cc2)c(F)c1. The van der Waals surface area contributed by atoms with Crippen LogP contribution in [0.3, 0.4) is 0 Å². The maximum absolute atomic E-state index is 15.0. The molecule has 0 spiro atoms. The van der Waals surface area contributed by atoms with Crippen LogP contribution in [0, 0.1) is 24.4 Å². The maximum Gasteiger partial charge on any atom is 0.168 e. The summed E-state index contributed by atoms with van der Waals surface area (Å²) >= 11 is 0. The normalized spacial score (nSPS) is 11.0. The lowest BCUT2D eigenvalue weighted by Gasteiger charge is -2.12. The van der Waals surface area contributed by atoms with Crippen LogP contribution in [0.5, 0.6) is 11.5 Å². The predicted molar refractivity (Wildman–Crippen MR) is 152 cm³/mol. The van der Waals surface area contributed by atoms with Crippen LogP contribution >= 0.6 is 0 Å². The molecule has 39 heavy (non-hydrogen) atoms. The van der Waals surface area contributed by atoms with Crippen LogP contribution in [0.15, 0.2) is 78.9 Å². The molecule has 0 aliphatic carbocycles. The molecule has 0 N–H and O–H groups in total. The van der Waals surface area contributed by atoms with Gasteiger partial charge in [0.05, 0.1) is 6.61 Å². The van der Waals surface area contributed by atoms with E-state index in [9.17, 15) is 13.2 Å². The van der Waals surface area contributed by atoms with Crippen LogP contribution in [0.2, 0.25) is 0 Å². The second-order valence-corrected chi connectivity index (χ2v) is 9.85. The lowest BCUT2D eigenvalue weighted by atomic mass is 9.98. The van der Waals surface area contributed by atoms with Crippen molar-refractivity contribution in [2.75, 3.05) is 6.61 Å². The number of rotatable bonds is 13. The van der Waals surface area contributed by atoms with Crippen LogP contribution in [-0.2, 0) is 6.61 Å². The van der Waals surface area contributed by atoms with Crippen molar-refractivity contribution in [1.29, 1.82) is 0 Å². The molecule has 0 saturated heterocycles. The van der Waals surface area contributed by atoms with E-state index in [0.717, 1.165) is 24.0 Å². The van der Waals surface area contributed by atoms with Crippen molar-refractivity contribution in [3.8, 4) is 33.8 Å². The van der Waals surface area contributed by atoms with Gasteiger partial charge in [-0.25, -0.2) is 13.2 Å². The molecule has 0 amide bonds. The van der Waals surface area contributed by atoms with Gasteiger partial charge >= 0.3 is 0 Å². The van der Waals surface area contributed by atoms with Gasteiger partial charge < -0.3 is 9.47 Å². The molecule has 0 heterocycles. The molecule has 0 aliphatic heterocycles. The number of ether oxygens (including phenoxy) is 2.